The molecule has 2 aliphatic heterocycles. The lowest BCUT2D eigenvalue weighted by Crippen LogP contribution is -2.44. The first-order chi connectivity index (χ1) is 9.79. The Hall–Kier alpha value is -1.67. The van der Waals surface area contributed by atoms with E-state index in [1.54, 1.807) is 0 Å². The summed E-state index contributed by atoms with van der Waals surface area (Å²) < 4.78 is 15.9. The fraction of sp³-hybridized carbons (Fsp3) is 0.333. The van der Waals surface area contributed by atoms with Crippen molar-refractivity contribution in [3.8, 4) is 0 Å². The Bertz CT molecular complexity index is 624. The lowest BCUT2D eigenvalue weighted by molar-refractivity contribution is 0.0954. The minimum atomic E-state index is -1.38. The molecule has 0 amide bonds. The maximum atomic E-state index is 15.9. The van der Waals surface area contributed by atoms with E-state index in [0.29, 0.717) is 12.6 Å². The molecule has 1 nitrogen and oxygen atoms in total. The summed E-state index contributed by atoms with van der Waals surface area (Å²) in [5, 5.41) is 0. The van der Waals surface area contributed by atoms with E-state index < -0.39 is 5.67 Å². The molecule has 0 spiro atoms. The summed E-state index contributed by atoms with van der Waals surface area (Å²) in [5.74, 6) is 0. The smallest absolute Gasteiger partial charge is 0.173 e. The SMILES string of the molecule is FC1(c2ccccc2)CN2CCCC2c2ccccc21. The summed E-state index contributed by atoms with van der Waals surface area (Å²) in [6, 6.07) is 18.1. The van der Waals surface area contributed by atoms with E-state index in [-0.39, 0.29) is 0 Å². The van der Waals surface area contributed by atoms with Crippen molar-refractivity contribution >= 4 is 0 Å². The molecule has 0 bridgehead atoms. The maximum absolute atomic E-state index is 15.9. The Morgan fingerprint density at radius 3 is 2.60 bits per heavy atom. The third-order valence-electron chi connectivity index (χ3n) is 4.76. The highest BCUT2D eigenvalue weighted by molar-refractivity contribution is 5.45. The van der Waals surface area contributed by atoms with Crippen molar-refractivity contribution in [2.45, 2.75) is 24.6 Å². The van der Waals surface area contributed by atoms with E-state index in [1.807, 2.05) is 48.5 Å². The molecule has 20 heavy (non-hydrogen) atoms. The summed E-state index contributed by atoms with van der Waals surface area (Å²) in [4.78, 5) is 2.31. The number of hydrogen-bond donors (Lipinski definition) is 0. The first kappa shape index (κ1) is 12.1. The number of benzene rings is 2. The highest BCUT2D eigenvalue weighted by Crippen LogP contribution is 2.48. The number of hydrogen-bond acceptors (Lipinski definition) is 1. The van der Waals surface area contributed by atoms with Crippen LogP contribution in [0, 0.1) is 0 Å². The van der Waals surface area contributed by atoms with E-state index in [4.69, 9.17) is 0 Å². The van der Waals surface area contributed by atoms with Gasteiger partial charge >= 0.3 is 0 Å². The fourth-order valence-electron chi connectivity index (χ4n) is 3.83. The van der Waals surface area contributed by atoms with Crippen LogP contribution in [0.3, 0.4) is 0 Å². The average molecular weight is 267 g/mol. The van der Waals surface area contributed by atoms with Gasteiger partial charge in [-0.15, -0.1) is 0 Å². The number of halogens is 1. The van der Waals surface area contributed by atoms with E-state index in [2.05, 4.69) is 11.0 Å². The summed E-state index contributed by atoms with van der Waals surface area (Å²) in [6.07, 6.45) is 2.33. The number of alkyl halides is 1. The van der Waals surface area contributed by atoms with E-state index >= 15 is 4.39 Å². The van der Waals surface area contributed by atoms with Gasteiger partial charge in [-0.3, -0.25) is 4.90 Å². The summed E-state index contributed by atoms with van der Waals surface area (Å²) in [6.45, 7) is 1.50. The van der Waals surface area contributed by atoms with Crippen molar-refractivity contribution in [3.63, 3.8) is 0 Å². The van der Waals surface area contributed by atoms with Crippen LogP contribution in [0.5, 0.6) is 0 Å². The monoisotopic (exact) mass is 267 g/mol. The van der Waals surface area contributed by atoms with Crippen molar-refractivity contribution < 1.29 is 4.39 Å². The molecule has 0 aromatic heterocycles. The lowest BCUT2D eigenvalue weighted by atomic mass is 9.79. The predicted molar refractivity (Wildman–Crippen MR) is 78.3 cm³/mol. The molecule has 2 aliphatic rings. The van der Waals surface area contributed by atoms with Crippen molar-refractivity contribution in [1.82, 2.24) is 4.90 Å². The molecule has 4 rings (SSSR count). The van der Waals surface area contributed by atoms with Crippen LogP contribution in [-0.4, -0.2) is 18.0 Å². The van der Waals surface area contributed by atoms with Gasteiger partial charge in [0.2, 0.25) is 0 Å². The zero-order valence-corrected chi connectivity index (χ0v) is 11.4. The molecule has 2 aromatic rings. The minimum Gasteiger partial charge on any atom is -0.292 e. The molecule has 1 fully saturated rings. The molecule has 2 heteroatoms. The Morgan fingerprint density at radius 2 is 1.75 bits per heavy atom. The Morgan fingerprint density at radius 1 is 1.00 bits per heavy atom. The topological polar surface area (TPSA) is 3.24 Å². The fourth-order valence-corrected chi connectivity index (χ4v) is 3.83. The Kier molecular flexibility index (Phi) is 2.67. The second-order valence-electron chi connectivity index (χ2n) is 5.88. The molecule has 102 valence electrons. The quantitative estimate of drug-likeness (QED) is 0.753. The summed E-state index contributed by atoms with van der Waals surface area (Å²) >= 11 is 0. The molecule has 1 saturated heterocycles. The van der Waals surface area contributed by atoms with Gasteiger partial charge in [-0.25, -0.2) is 4.39 Å². The molecule has 0 radical (unpaired) electrons. The first-order valence-electron chi connectivity index (χ1n) is 7.37. The van der Waals surface area contributed by atoms with Crippen molar-refractivity contribution in [3.05, 3.63) is 71.3 Å². The van der Waals surface area contributed by atoms with Crippen LogP contribution in [0.4, 0.5) is 4.39 Å². The van der Waals surface area contributed by atoms with Crippen LogP contribution in [0.1, 0.15) is 35.6 Å². The lowest BCUT2D eigenvalue weighted by Gasteiger charge is -2.41. The molecule has 2 atom stereocenters. The van der Waals surface area contributed by atoms with Gasteiger partial charge in [-0.05, 0) is 36.1 Å². The molecular weight excluding hydrogens is 249 g/mol. The van der Waals surface area contributed by atoms with Crippen molar-refractivity contribution in [2.75, 3.05) is 13.1 Å². The Labute approximate surface area is 119 Å². The van der Waals surface area contributed by atoms with Gasteiger partial charge in [0, 0.05) is 12.6 Å². The molecule has 2 aromatic carbocycles. The Balaban J connectivity index is 1.91. The number of nitrogens with zero attached hydrogens (tertiary/aromatic N) is 1. The van der Waals surface area contributed by atoms with Gasteiger partial charge in [0.05, 0.1) is 0 Å². The second kappa shape index (κ2) is 4.42. The van der Waals surface area contributed by atoms with Crippen LogP contribution in [0.15, 0.2) is 54.6 Å². The van der Waals surface area contributed by atoms with Crippen LogP contribution in [0.2, 0.25) is 0 Å². The first-order valence-corrected chi connectivity index (χ1v) is 7.37. The third kappa shape index (κ3) is 1.64. The molecular formula is C18H18FN. The third-order valence-corrected chi connectivity index (χ3v) is 4.76. The minimum absolute atomic E-state index is 0.416. The van der Waals surface area contributed by atoms with E-state index in [1.165, 1.54) is 12.0 Å². The zero-order valence-electron chi connectivity index (χ0n) is 11.4. The standard InChI is InChI=1S/C18H18FN/c19-18(14-7-2-1-3-8-14)13-20-12-6-11-17(20)15-9-4-5-10-16(15)18/h1-5,7-10,17H,6,11-13H2. The van der Waals surface area contributed by atoms with Crippen LogP contribution in [-0.2, 0) is 5.67 Å². The number of fused-ring (bicyclic) bond motifs is 3. The van der Waals surface area contributed by atoms with E-state index in [9.17, 15) is 0 Å². The second-order valence-corrected chi connectivity index (χ2v) is 5.88. The van der Waals surface area contributed by atoms with Crippen molar-refractivity contribution in [1.29, 1.82) is 0 Å². The molecule has 0 saturated carbocycles. The normalized spacial score (nSPS) is 28.9. The number of rotatable bonds is 1. The van der Waals surface area contributed by atoms with Crippen LogP contribution >= 0.6 is 0 Å². The van der Waals surface area contributed by atoms with Crippen molar-refractivity contribution in [2.24, 2.45) is 0 Å². The molecule has 0 N–H and O–H groups in total. The van der Waals surface area contributed by atoms with Gasteiger partial charge in [0.25, 0.3) is 0 Å². The molecule has 0 aliphatic carbocycles. The van der Waals surface area contributed by atoms with Gasteiger partial charge in [0.15, 0.2) is 5.67 Å². The van der Waals surface area contributed by atoms with Gasteiger partial charge in [-0.1, -0.05) is 54.6 Å². The largest absolute Gasteiger partial charge is 0.292 e. The average Bonchev–Trinajstić information content (AvgIpc) is 2.97. The summed E-state index contributed by atoms with van der Waals surface area (Å²) in [7, 11) is 0. The zero-order chi connectivity index (χ0) is 13.6. The van der Waals surface area contributed by atoms with E-state index in [0.717, 1.165) is 24.1 Å². The predicted octanol–water partition coefficient (Wildman–Crippen LogP) is 4.05. The van der Waals surface area contributed by atoms with Gasteiger partial charge < -0.3 is 0 Å². The highest BCUT2D eigenvalue weighted by atomic mass is 19.1. The maximum Gasteiger partial charge on any atom is 0.173 e. The molecule has 2 unspecified atom stereocenters. The van der Waals surface area contributed by atoms with Gasteiger partial charge in [-0.2, -0.15) is 0 Å². The highest BCUT2D eigenvalue weighted by Gasteiger charge is 2.46. The van der Waals surface area contributed by atoms with Crippen LogP contribution < -0.4 is 0 Å². The molecule has 2 heterocycles. The summed E-state index contributed by atoms with van der Waals surface area (Å²) in [5.41, 5.74) is 1.45. The van der Waals surface area contributed by atoms with Gasteiger partial charge in [0.1, 0.15) is 0 Å². The van der Waals surface area contributed by atoms with Crippen LogP contribution in [0.25, 0.3) is 0 Å².